The van der Waals surface area contributed by atoms with E-state index < -0.39 is 67.5 Å². The first-order chi connectivity index (χ1) is 25.5. The van der Waals surface area contributed by atoms with Crippen LogP contribution in [-0.4, -0.2) is 93.6 Å². The number of hydrogen-bond donors (Lipinski definition) is 5. The Kier molecular flexibility index (Phi) is 16.9. The number of rotatable bonds is 19. The molecule has 6 unspecified atom stereocenters. The van der Waals surface area contributed by atoms with E-state index in [-0.39, 0.29) is 30.8 Å². The number of oxazole rings is 1. The number of hydrogen-bond acceptors (Lipinski definition) is 11. The number of phosphoric acid groups is 1. The summed E-state index contributed by atoms with van der Waals surface area (Å²) in [5, 5.41) is 22.9. The van der Waals surface area contributed by atoms with Crippen LogP contribution in [0.1, 0.15) is 99.1 Å². The van der Waals surface area contributed by atoms with Crippen molar-refractivity contribution in [3.63, 3.8) is 0 Å². The van der Waals surface area contributed by atoms with E-state index in [1.54, 1.807) is 41.1 Å². The van der Waals surface area contributed by atoms with Crippen LogP contribution >= 0.6 is 7.82 Å². The molecule has 1 amide bonds. The van der Waals surface area contributed by atoms with Gasteiger partial charge in [0.05, 0.1) is 30.5 Å². The maximum absolute atomic E-state index is 12.5. The van der Waals surface area contributed by atoms with Gasteiger partial charge >= 0.3 is 7.82 Å². The normalized spacial score (nSPS) is 29.4. The van der Waals surface area contributed by atoms with Crippen molar-refractivity contribution in [2.75, 3.05) is 14.2 Å². The lowest BCUT2D eigenvalue weighted by molar-refractivity contribution is -0.336. The van der Waals surface area contributed by atoms with Gasteiger partial charge in [-0.3, -0.25) is 9.32 Å². The molecule has 2 aliphatic heterocycles. The van der Waals surface area contributed by atoms with Gasteiger partial charge in [0.15, 0.2) is 11.7 Å². The van der Waals surface area contributed by atoms with E-state index in [1.807, 2.05) is 52.8 Å². The van der Waals surface area contributed by atoms with Crippen LogP contribution in [-0.2, 0) is 32.8 Å². The minimum Gasteiger partial charge on any atom is -0.449 e. The number of amides is 1. The minimum atomic E-state index is -5.06. The van der Waals surface area contributed by atoms with Crippen molar-refractivity contribution in [1.29, 1.82) is 0 Å². The van der Waals surface area contributed by atoms with Gasteiger partial charge in [0.25, 0.3) is 0 Å². The number of nitrogens with zero attached hydrogens (tertiary/aromatic N) is 1. The third-order valence-electron chi connectivity index (χ3n) is 11.5. The summed E-state index contributed by atoms with van der Waals surface area (Å²) in [6, 6.07) is 0. The van der Waals surface area contributed by atoms with E-state index in [2.05, 4.69) is 11.1 Å². The number of carbonyl (C=O) groups excluding carboxylic acids is 1. The number of methoxy groups -OCH3 is 2. The molecule has 3 rings (SSSR count). The molecule has 1 aromatic rings. The van der Waals surface area contributed by atoms with Crippen LogP contribution in [0.15, 0.2) is 51.7 Å². The summed E-state index contributed by atoms with van der Waals surface area (Å²) in [5.74, 6) is -2.37. The molecule has 15 heteroatoms. The Balaban J connectivity index is 1.83. The monoisotopic (exact) mass is 796 g/mol. The van der Waals surface area contributed by atoms with Gasteiger partial charge in [-0.05, 0) is 46.1 Å². The highest BCUT2D eigenvalue weighted by molar-refractivity contribution is 7.46. The Labute approximate surface area is 326 Å². The van der Waals surface area contributed by atoms with Crippen molar-refractivity contribution in [3.8, 4) is 0 Å². The second kappa shape index (κ2) is 19.8. The van der Waals surface area contributed by atoms with Gasteiger partial charge < -0.3 is 49.1 Å². The van der Waals surface area contributed by atoms with Gasteiger partial charge in [0.1, 0.15) is 24.2 Å². The second-order valence-electron chi connectivity index (χ2n) is 16.0. The van der Waals surface area contributed by atoms with Crippen LogP contribution in [0.3, 0.4) is 0 Å². The van der Waals surface area contributed by atoms with Crippen molar-refractivity contribution >= 4 is 19.8 Å². The van der Waals surface area contributed by atoms with Crippen LogP contribution < -0.4 is 5.73 Å². The maximum atomic E-state index is 12.5. The molecule has 0 aliphatic carbocycles. The first-order valence-electron chi connectivity index (χ1n) is 19.0. The number of phosphoric ester groups is 1. The van der Waals surface area contributed by atoms with Crippen LogP contribution in [0.25, 0.3) is 6.08 Å². The number of primary amides is 1. The van der Waals surface area contributed by atoms with Crippen molar-refractivity contribution in [2.45, 2.75) is 143 Å². The summed E-state index contributed by atoms with van der Waals surface area (Å²) >= 11 is 0. The van der Waals surface area contributed by atoms with E-state index >= 15 is 0 Å². The van der Waals surface area contributed by atoms with Crippen LogP contribution in [0.4, 0.5) is 0 Å². The average Bonchev–Trinajstić information content (AvgIpc) is 3.59. The van der Waals surface area contributed by atoms with E-state index in [0.717, 1.165) is 23.1 Å². The third kappa shape index (κ3) is 12.3. The third-order valence-corrected chi connectivity index (χ3v) is 12.0. The zero-order valence-electron chi connectivity index (χ0n) is 34.3. The molecular formula is C40H65N2O12P. The predicted molar refractivity (Wildman–Crippen MR) is 208 cm³/mol. The average molecular weight is 797 g/mol. The van der Waals surface area contributed by atoms with Gasteiger partial charge in [-0.2, -0.15) is 0 Å². The maximum Gasteiger partial charge on any atom is 0.469 e. The molecule has 1 spiro atoms. The van der Waals surface area contributed by atoms with Gasteiger partial charge in [-0.25, -0.2) is 9.55 Å². The van der Waals surface area contributed by atoms with Crippen molar-refractivity contribution in [3.05, 3.63) is 58.9 Å². The molecule has 55 heavy (non-hydrogen) atoms. The molecule has 0 bridgehead atoms. The zero-order chi connectivity index (χ0) is 41.5. The van der Waals surface area contributed by atoms with E-state index in [9.17, 15) is 29.4 Å². The van der Waals surface area contributed by atoms with Crippen LogP contribution in [0, 0.1) is 30.1 Å². The van der Waals surface area contributed by atoms with Gasteiger partial charge in [-0.15, -0.1) is 0 Å². The number of aliphatic hydroxyl groups is 2. The second-order valence-corrected chi connectivity index (χ2v) is 17.1. The first-order valence-corrected chi connectivity index (χ1v) is 20.5. The molecule has 312 valence electrons. The fourth-order valence-electron chi connectivity index (χ4n) is 7.73. The van der Waals surface area contributed by atoms with Crippen molar-refractivity contribution < 1.29 is 57.2 Å². The lowest BCUT2D eigenvalue weighted by atomic mass is 9.72. The molecular weight excluding hydrogens is 731 g/mol. The smallest absolute Gasteiger partial charge is 0.449 e. The molecule has 2 saturated heterocycles. The van der Waals surface area contributed by atoms with Crippen molar-refractivity contribution in [1.82, 2.24) is 4.98 Å². The highest BCUT2D eigenvalue weighted by Crippen LogP contribution is 2.59. The molecule has 2 aliphatic rings. The molecule has 6 N–H and O–H groups in total. The van der Waals surface area contributed by atoms with E-state index in [0.29, 0.717) is 24.4 Å². The molecule has 3 heterocycles. The lowest BCUT2D eigenvalue weighted by Gasteiger charge is -2.50. The Morgan fingerprint density at radius 1 is 1.15 bits per heavy atom. The molecule has 0 radical (unpaired) electrons. The highest BCUT2D eigenvalue weighted by Gasteiger charge is 2.68. The fourth-order valence-corrected chi connectivity index (χ4v) is 8.41. The predicted octanol–water partition coefficient (Wildman–Crippen LogP) is 5.93. The standard InChI is InChI=1S/C40H65N2O12P/c1-23(18-35(41)44)14-12-15-24(2)25(3)19-26(4)36(45)27(5)31(43)20-33(49-10)37-38(54-55(46,47)48)39(8,9)40(53-37)21-34(50-11)28(6)32(52-40)17-13-16-30-22-51-29(7)42-30/h13,15-16,18-19,22,26-28,31-34,36-38,43,45H,12,14,17,20-21H2,1-11H3,(H2,41,44)(H2,46,47,48)/b16-13+,23-18-,24-15+,25-19+/t26?,27?,28-,31?,32-,33?,34+,36?,37-,38?,40-/m1/s1. The summed E-state index contributed by atoms with van der Waals surface area (Å²) in [7, 11) is -2.01. The largest absolute Gasteiger partial charge is 0.469 e. The summed E-state index contributed by atoms with van der Waals surface area (Å²) in [4.78, 5) is 35.6. The lowest BCUT2D eigenvalue weighted by Crippen LogP contribution is -2.58. The summed E-state index contributed by atoms with van der Waals surface area (Å²) in [6.45, 7) is 16.8. The van der Waals surface area contributed by atoms with E-state index in [4.69, 9.17) is 33.6 Å². The van der Waals surface area contributed by atoms with Crippen LogP contribution in [0.2, 0.25) is 0 Å². The minimum absolute atomic E-state index is 0.0352. The van der Waals surface area contributed by atoms with Gasteiger partial charge in [-0.1, -0.05) is 69.6 Å². The number of aromatic nitrogens is 1. The zero-order valence-corrected chi connectivity index (χ0v) is 35.2. The number of allylic oxidation sites excluding steroid dienone is 4. The van der Waals surface area contributed by atoms with E-state index in [1.165, 1.54) is 13.2 Å². The summed E-state index contributed by atoms with van der Waals surface area (Å²) < 4.78 is 48.7. The molecule has 0 aromatic carbocycles. The SMILES string of the molecule is COC(CC(O)C(C)C(O)C(C)/C=C(C)/C(C)=C/CC/C(C)=C\C(N)=O)[C@H]1O[C@]2(C[C@H](OC)[C@H](C)[C@@H](C/C=C/c3coc(C)n3)O2)C(C)(C)C1OP(=O)(O)O. The molecule has 11 atom stereocenters. The Bertz CT molecular complexity index is 1600. The highest BCUT2D eigenvalue weighted by atomic mass is 31.2. The number of carbonyl (C=O) groups is 1. The topological polar surface area (TPSA) is 213 Å². The first kappa shape index (κ1) is 46.9. The van der Waals surface area contributed by atoms with Gasteiger partial charge in [0.2, 0.25) is 5.91 Å². The van der Waals surface area contributed by atoms with Crippen molar-refractivity contribution in [2.24, 2.45) is 28.9 Å². The Morgan fingerprint density at radius 3 is 2.38 bits per heavy atom. The molecule has 0 saturated carbocycles. The molecule has 2 fully saturated rings. The Morgan fingerprint density at radius 2 is 1.82 bits per heavy atom. The number of nitrogens with two attached hydrogens (primary N) is 1. The number of aliphatic hydroxyl groups excluding tert-OH is 2. The molecule has 1 aromatic heterocycles. The van der Waals surface area contributed by atoms with Gasteiger partial charge in [0, 0.05) is 63.2 Å². The molecule has 14 nitrogen and oxygen atoms in total. The number of ether oxygens (including phenoxy) is 4. The fraction of sp³-hybridized carbons (Fsp3) is 0.700. The summed E-state index contributed by atoms with van der Waals surface area (Å²) in [5.41, 5.74) is 7.66. The number of aryl methyl sites for hydroxylation is 1. The summed E-state index contributed by atoms with van der Waals surface area (Å²) in [6.07, 6.45) is 6.85. The quantitative estimate of drug-likeness (QED) is 0.0625. The Hall–Kier alpha value is -2.49. The van der Waals surface area contributed by atoms with Crippen LogP contribution in [0.5, 0.6) is 0 Å².